The van der Waals surface area contributed by atoms with Crippen LogP contribution in [0.25, 0.3) is 11.1 Å². The molecule has 2 aromatic carbocycles. The molecule has 0 spiro atoms. The number of nitrogens with one attached hydrogen (secondary N) is 5. The number of aryl methyl sites for hydroxylation is 1. The van der Waals surface area contributed by atoms with Gasteiger partial charge in [0.15, 0.2) is 0 Å². The number of carbonyl (C=O) groups excluding carboxylic acids is 7. The molecule has 2 heterocycles. The summed E-state index contributed by atoms with van der Waals surface area (Å²) in [6, 6.07) is 11.3. The summed E-state index contributed by atoms with van der Waals surface area (Å²) in [5.74, 6) is -3.78. The van der Waals surface area contributed by atoms with E-state index in [1.165, 1.54) is 17.4 Å². The van der Waals surface area contributed by atoms with Crippen molar-refractivity contribution >= 4 is 48.5 Å². The monoisotopic (exact) mass is 941 g/mol. The van der Waals surface area contributed by atoms with E-state index in [0.717, 1.165) is 43.2 Å². The van der Waals surface area contributed by atoms with Gasteiger partial charge >= 0.3 is 7.12 Å². The highest BCUT2D eigenvalue weighted by molar-refractivity contribution is 6.47. The highest BCUT2D eigenvalue weighted by Gasteiger charge is 2.68. The van der Waals surface area contributed by atoms with Crippen molar-refractivity contribution < 1.29 is 42.9 Å². The fourth-order valence-electron chi connectivity index (χ4n) is 10.6. The van der Waals surface area contributed by atoms with Crippen molar-refractivity contribution in [3.8, 4) is 11.1 Å². The highest BCUT2D eigenvalue weighted by atomic mass is 16.7. The zero-order valence-corrected chi connectivity index (χ0v) is 40.7. The molecule has 2 saturated heterocycles. The molecule has 18 heteroatoms. The van der Waals surface area contributed by atoms with E-state index in [9.17, 15) is 33.6 Å². The van der Waals surface area contributed by atoms with Crippen LogP contribution in [0.3, 0.4) is 0 Å². The first-order chi connectivity index (χ1) is 32.4. The second kappa shape index (κ2) is 22.9. The number of unbranched alkanes of at least 4 members (excludes halogenated alkanes) is 2. The summed E-state index contributed by atoms with van der Waals surface area (Å²) < 4.78 is 12.8. The van der Waals surface area contributed by atoms with Crippen LogP contribution in [0.2, 0.25) is 0 Å². The fraction of sp³-hybridized carbons (Fsp3) is 0.620. The Morgan fingerprint density at radius 1 is 0.853 bits per heavy atom. The first-order valence-corrected chi connectivity index (χ1v) is 24.7. The second-order valence-corrected chi connectivity index (χ2v) is 20.1. The molecule has 5 fully saturated rings. The fourth-order valence-corrected chi connectivity index (χ4v) is 10.6. The minimum Gasteiger partial charge on any atom is -0.404 e. The van der Waals surface area contributed by atoms with E-state index in [4.69, 9.17) is 20.8 Å². The van der Waals surface area contributed by atoms with Gasteiger partial charge in [-0.2, -0.15) is 0 Å². The van der Waals surface area contributed by atoms with E-state index in [2.05, 4.69) is 78.5 Å². The SMILES string of the molecule is CCCCc1ccc(-c2ccc(C(=O)NCCC(=O)N[C@@H](CCCCN)C(=O)N3CCC[C@H]3C(=O)N[C@@H](C)C(=O)N[C@@H](CC(N)=O)C(=O)N[C@@H](C)B3OC4C[C@@H]5C[C@@H](C5(C)C)[C@]4(C)O3)cc2)cc1. The largest absolute Gasteiger partial charge is 0.481 e. The van der Waals surface area contributed by atoms with Gasteiger partial charge in [-0.1, -0.05) is 63.6 Å². The van der Waals surface area contributed by atoms with Crippen LogP contribution in [-0.2, 0) is 44.5 Å². The molecule has 1 unspecified atom stereocenters. The first kappa shape index (κ1) is 52.1. The molecule has 5 aliphatic rings. The number of benzene rings is 2. The topological polar surface area (TPSA) is 253 Å². The van der Waals surface area contributed by atoms with Crippen molar-refractivity contribution in [2.75, 3.05) is 19.6 Å². The maximum Gasteiger partial charge on any atom is 0.481 e. The van der Waals surface area contributed by atoms with Crippen molar-refractivity contribution in [3.05, 3.63) is 59.7 Å². The number of amides is 7. The van der Waals surface area contributed by atoms with Crippen LogP contribution in [0, 0.1) is 17.3 Å². The minimum absolute atomic E-state index is 0.0353. The first-order valence-electron chi connectivity index (χ1n) is 24.7. The average Bonchev–Trinajstić information content (AvgIpc) is 3.95. The van der Waals surface area contributed by atoms with Crippen LogP contribution in [0.1, 0.15) is 128 Å². The van der Waals surface area contributed by atoms with Gasteiger partial charge in [0.2, 0.25) is 35.4 Å². The summed E-state index contributed by atoms with van der Waals surface area (Å²) >= 11 is 0. The Kier molecular flexibility index (Phi) is 17.5. The molecule has 3 aliphatic carbocycles. The predicted molar refractivity (Wildman–Crippen MR) is 258 cm³/mol. The van der Waals surface area contributed by atoms with Gasteiger partial charge in [-0.05, 0) is 131 Å². The van der Waals surface area contributed by atoms with E-state index in [1.54, 1.807) is 19.1 Å². The molecule has 2 bridgehead atoms. The second-order valence-electron chi connectivity index (χ2n) is 20.1. The number of nitrogens with zero attached hydrogens (tertiary/aromatic N) is 1. The Balaban J connectivity index is 0.978. The van der Waals surface area contributed by atoms with E-state index in [0.29, 0.717) is 49.6 Å². The van der Waals surface area contributed by atoms with Crippen LogP contribution < -0.4 is 38.1 Å². The van der Waals surface area contributed by atoms with E-state index < -0.39 is 84.7 Å². The lowest BCUT2D eigenvalue weighted by molar-refractivity contribution is -0.199. The third kappa shape index (κ3) is 12.3. The summed E-state index contributed by atoms with van der Waals surface area (Å²) in [4.78, 5) is 94.5. The summed E-state index contributed by atoms with van der Waals surface area (Å²) in [7, 11) is -0.732. The number of rotatable bonds is 23. The van der Waals surface area contributed by atoms with Crippen LogP contribution in [0.15, 0.2) is 48.5 Å². The number of primary amides is 1. The molecule has 9 atom stereocenters. The van der Waals surface area contributed by atoms with Gasteiger partial charge in [0.05, 0.1) is 24.1 Å². The molecule has 0 radical (unpaired) electrons. The van der Waals surface area contributed by atoms with E-state index >= 15 is 0 Å². The Morgan fingerprint density at radius 2 is 1.54 bits per heavy atom. The Morgan fingerprint density at radius 3 is 2.19 bits per heavy atom. The molecule has 2 aliphatic heterocycles. The van der Waals surface area contributed by atoms with Crippen molar-refractivity contribution in [2.45, 2.75) is 160 Å². The van der Waals surface area contributed by atoms with Crippen molar-refractivity contribution in [1.82, 2.24) is 31.5 Å². The molecular formula is C50H73BN8O9. The maximum absolute atomic E-state index is 14.1. The van der Waals surface area contributed by atoms with E-state index in [-0.39, 0.29) is 43.4 Å². The lowest BCUT2D eigenvalue weighted by Crippen LogP contribution is -2.65. The molecule has 3 saturated carbocycles. The van der Waals surface area contributed by atoms with Gasteiger partial charge in [0.25, 0.3) is 5.91 Å². The lowest BCUT2D eigenvalue weighted by atomic mass is 9.43. The lowest BCUT2D eigenvalue weighted by Gasteiger charge is -2.64. The Labute approximate surface area is 401 Å². The van der Waals surface area contributed by atoms with Gasteiger partial charge in [0.1, 0.15) is 24.2 Å². The third-order valence-electron chi connectivity index (χ3n) is 14.8. The Hall–Kier alpha value is -5.33. The van der Waals surface area contributed by atoms with Crippen molar-refractivity contribution in [2.24, 2.45) is 28.7 Å². The molecule has 17 nitrogen and oxygen atoms in total. The standard InChI is InChI=1S/C50H73BN8O9/c1-7-8-12-32-15-17-33(18-16-32)34-19-21-35(22-20-34)45(63)54-25-23-43(61)57-37(13-9-10-24-52)48(66)59-26-11-14-39(59)47(65)55-30(2)44(62)58-38(29-42(53)60)46(64)56-31(3)51-67-41-28-36-27-40(49(36,4)5)50(41,6)68-51/h15-22,30-31,36-41H,7-14,23-29,52H2,1-6H3,(H2,53,60)(H,54,63)(H,55,65)(H,56,64)(H,57,61)(H,58,62)/t30-,31-,36-,37-,38-,39-,40-,41?,50-/m0/s1. The molecule has 2 aromatic rings. The third-order valence-corrected chi connectivity index (χ3v) is 14.8. The summed E-state index contributed by atoms with van der Waals surface area (Å²) in [6.07, 6.45) is 6.86. The van der Waals surface area contributed by atoms with Crippen molar-refractivity contribution in [3.63, 3.8) is 0 Å². The maximum atomic E-state index is 14.1. The molecular weight excluding hydrogens is 867 g/mol. The van der Waals surface area contributed by atoms with E-state index in [1.807, 2.05) is 12.1 Å². The van der Waals surface area contributed by atoms with Gasteiger partial charge in [0, 0.05) is 25.1 Å². The molecule has 68 heavy (non-hydrogen) atoms. The summed E-state index contributed by atoms with van der Waals surface area (Å²) in [5, 5.41) is 13.7. The van der Waals surface area contributed by atoms with Crippen LogP contribution in [0.4, 0.5) is 0 Å². The molecule has 7 amide bonds. The van der Waals surface area contributed by atoms with Crippen LogP contribution >= 0.6 is 0 Å². The van der Waals surface area contributed by atoms with Crippen LogP contribution in [-0.4, -0.2) is 115 Å². The number of hydrogen-bond donors (Lipinski definition) is 7. The predicted octanol–water partition coefficient (Wildman–Crippen LogP) is 3.06. The molecule has 370 valence electrons. The van der Waals surface area contributed by atoms with Gasteiger partial charge < -0.3 is 52.3 Å². The number of carbonyl (C=O) groups is 7. The quantitative estimate of drug-likeness (QED) is 0.0634. The summed E-state index contributed by atoms with van der Waals surface area (Å²) in [5.41, 5.74) is 14.7. The number of hydrogen-bond acceptors (Lipinski definition) is 10. The van der Waals surface area contributed by atoms with Crippen LogP contribution in [0.5, 0.6) is 0 Å². The molecule has 9 N–H and O–H groups in total. The summed E-state index contributed by atoms with van der Waals surface area (Å²) in [6.45, 7) is 12.6. The Bertz CT molecular complexity index is 2140. The molecule has 0 aromatic heterocycles. The highest BCUT2D eigenvalue weighted by Crippen LogP contribution is 2.65. The number of likely N-dealkylation sites (tertiary alicyclic amines) is 1. The average molecular weight is 941 g/mol. The normalized spacial score (nSPS) is 24.0. The van der Waals surface area contributed by atoms with Gasteiger partial charge in [-0.3, -0.25) is 33.6 Å². The van der Waals surface area contributed by atoms with Gasteiger partial charge in [-0.15, -0.1) is 0 Å². The minimum atomic E-state index is -1.35. The molecule has 7 rings (SSSR count). The van der Waals surface area contributed by atoms with Crippen molar-refractivity contribution in [1.29, 1.82) is 0 Å². The zero-order valence-electron chi connectivity index (χ0n) is 40.7. The smallest absolute Gasteiger partial charge is 0.404 e. The zero-order chi connectivity index (χ0) is 49.3. The van der Waals surface area contributed by atoms with Gasteiger partial charge in [-0.25, -0.2) is 0 Å². The number of nitrogens with two attached hydrogens (primary N) is 2.